The monoisotopic (exact) mass is 274 g/mol. The first kappa shape index (κ1) is 14.5. The lowest BCUT2D eigenvalue weighted by Crippen LogP contribution is -2.29. The van der Waals surface area contributed by atoms with Gasteiger partial charge < -0.3 is 4.74 Å². The SMILES string of the molecule is CCOc1ccc(C(NN)c2ccc(C)cc2F)cc1. The maximum atomic E-state index is 14.1. The van der Waals surface area contributed by atoms with E-state index in [4.69, 9.17) is 10.6 Å². The van der Waals surface area contributed by atoms with E-state index in [1.165, 1.54) is 6.07 Å². The Balaban J connectivity index is 2.31. The van der Waals surface area contributed by atoms with Crippen molar-refractivity contribution in [2.75, 3.05) is 6.61 Å². The average Bonchev–Trinajstić information content (AvgIpc) is 2.44. The number of rotatable bonds is 5. The Morgan fingerprint density at radius 3 is 2.45 bits per heavy atom. The largest absolute Gasteiger partial charge is 0.494 e. The molecular weight excluding hydrogens is 255 g/mol. The lowest BCUT2D eigenvalue weighted by atomic mass is 9.98. The van der Waals surface area contributed by atoms with E-state index in [9.17, 15) is 4.39 Å². The van der Waals surface area contributed by atoms with Crippen molar-refractivity contribution in [3.8, 4) is 5.75 Å². The molecule has 3 nitrogen and oxygen atoms in total. The zero-order valence-corrected chi connectivity index (χ0v) is 11.7. The van der Waals surface area contributed by atoms with Gasteiger partial charge in [-0.2, -0.15) is 0 Å². The van der Waals surface area contributed by atoms with Crippen molar-refractivity contribution < 1.29 is 9.13 Å². The summed E-state index contributed by atoms with van der Waals surface area (Å²) in [6, 6.07) is 12.2. The van der Waals surface area contributed by atoms with Crippen LogP contribution in [0.1, 0.15) is 29.7 Å². The molecular formula is C16H19FN2O. The molecule has 0 bridgehead atoms. The van der Waals surface area contributed by atoms with E-state index < -0.39 is 0 Å². The summed E-state index contributed by atoms with van der Waals surface area (Å²) in [7, 11) is 0. The molecule has 0 spiro atoms. The highest BCUT2D eigenvalue weighted by Gasteiger charge is 2.16. The summed E-state index contributed by atoms with van der Waals surface area (Å²) in [6.45, 7) is 4.40. The Bertz CT molecular complexity index is 569. The van der Waals surface area contributed by atoms with Gasteiger partial charge in [-0.3, -0.25) is 5.84 Å². The Labute approximate surface area is 118 Å². The van der Waals surface area contributed by atoms with E-state index in [0.29, 0.717) is 12.2 Å². The Morgan fingerprint density at radius 2 is 1.90 bits per heavy atom. The normalized spacial score (nSPS) is 12.2. The lowest BCUT2D eigenvalue weighted by molar-refractivity contribution is 0.340. The van der Waals surface area contributed by atoms with Crippen LogP contribution >= 0.6 is 0 Å². The molecule has 0 saturated heterocycles. The molecule has 2 aromatic carbocycles. The van der Waals surface area contributed by atoms with E-state index >= 15 is 0 Å². The third kappa shape index (κ3) is 3.15. The second-order valence-corrected chi connectivity index (χ2v) is 4.63. The molecule has 1 atom stereocenters. The number of aryl methyl sites for hydroxylation is 1. The summed E-state index contributed by atoms with van der Waals surface area (Å²) in [4.78, 5) is 0. The standard InChI is InChI=1S/C16H19FN2O/c1-3-20-13-7-5-12(6-8-13)16(19-18)14-9-4-11(2)10-15(14)17/h4-10,16,19H,3,18H2,1-2H3. The summed E-state index contributed by atoms with van der Waals surface area (Å²) in [6.07, 6.45) is 0. The van der Waals surface area contributed by atoms with Gasteiger partial charge in [-0.1, -0.05) is 24.3 Å². The number of nitrogens with one attached hydrogen (secondary N) is 1. The van der Waals surface area contributed by atoms with Crippen LogP contribution in [0.4, 0.5) is 4.39 Å². The first-order valence-corrected chi connectivity index (χ1v) is 6.60. The Hall–Kier alpha value is -1.91. The fourth-order valence-electron chi connectivity index (χ4n) is 2.16. The molecule has 2 aromatic rings. The molecule has 0 saturated carbocycles. The predicted octanol–water partition coefficient (Wildman–Crippen LogP) is 3.09. The lowest BCUT2D eigenvalue weighted by Gasteiger charge is -2.18. The van der Waals surface area contributed by atoms with Crippen LogP contribution in [0.25, 0.3) is 0 Å². The number of hydrazine groups is 1. The predicted molar refractivity (Wildman–Crippen MR) is 77.9 cm³/mol. The summed E-state index contributed by atoms with van der Waals surface area (Å²) < 4.78 is 19.4. The Kier molecular flexibility index (Phi) is 4.71. The highest BCUT2D eigenvalue weighted by Crippen LogP contribution is 2.26. The summed E-state index contributed by atoms with van der Waals surface area (Å²) in [5.74, 6) is 6.12. The third-order valence-corrected chi connectivity index (χ3v) is 3.16. The summed E-state index contributed by atoms with van der Waals surface area (Å²) >= 11 is 0. The van der Waals surface area contributed by atoms with Gasteiger partial charge in [0.05, 0.1) is 12.6 Å². The molecule has 0 aromatic heterocycles. The number of benzene rings is 2. The summed E-state index contributed by atoms with van der Waals surface area (Å²) in [5.41, 5.74) is 4.97. The molecule has 3 N–H and O–H groups in total. The minimum Gasteiger partial charge on any atom is -0.494 e. The van der Waals surface area contributed by atoms with Crippen LogP contribution in [-0.2, 0) is 0 Å². The van der Waals surface area contributed by atoms with E-state index in [1.54, 1.807) is 6.07 Å². The van der Waals surface area contributed by atoms with E-state index in [1.807, 2.05) is 44.2 Å². The van der Waals surface area contributed by atoms with Gasteiger partial charge >= 0.3 is 0 Å². The van der Waals surface area contributed by atoms with Gasteiger partial charge in [-0.05, 0) is 43.2 Å². The highest BCUT2D eigenvalue weighted by atomic mass is 19.1. The number of nitrogens with two attached hydrogens (primary N) is 1. The van der Waals surface area contributed by atoms with Gasteiger partial charge in [0.25, 0.3) is 0 Å². The zero-order valence-electron chi connectivity index (χ0n) is 11.7. The van der Waals surface area contributed by atoms with Crippen LogP contribution in [0.15, 0.2) is 42.5 Å². The smallest absolute Gasteiger partial charge is 0.128 e. The fraction of sp³-hybridized carbons (Fsp3) is 0.250. The van der Waals surface area contributed by atoms with Crippen LogP contribution in [0.5, 0.6) is 5.75 Å². The van der Waals surface area contributed by atoms with E-state index in [0.717, 1.165) is 16.9 Å². The van der Waals surface area contributed by atoms with Crippen molar-refractivity contribution in [1.29, 1.82) is 0 Å². The van der Waals surface area contributed by atoms with Crippen LogP contribution in [-0.4, -0.2) is 6.61 Å². The Morgan fingerprint density at radius 1 is 1.20 bits per heavy atom. The molecule has 0 amide bonds. The highest BCUT2D eigenvalue weighted by molar-refractivity contribution is 5.37. The first-order chi connectivity index (χ1) is 9.65. The van der Waals surface area contributed by atoms with Gasteiger partial charge in [0.1, 0.15) is 11.6 Å². The second kappa shape index (κ2) is 6.50. The average molecular weight is 274 g/mol. The van der Waals surface area contributed by atoms with Crippen molar-refractivity contribution in [2.45, 2.75) is 19.9 Å². The molecule has 0 radical (unpaired) electrons. The van der Waals surface area contributed by atoms with Crippen LogP contribution in [0.2, 0.25) is 0 Å². The van der Waals surface area contributed by atoms with Gasteiger partial charge in [-0.25, -0.2) is 9.82 Å². The number of hydrogen-bond donors (Lipinski definition) is 2. The molecule has 106 valence electrons. The molecule has 0 aliphatic heterocycles. The minimum atomic E-state index is -0.383. The molecule has 0 aliphatic carbocycles. The molecule has 0 heterocycles. The van der Waals surface area contributed by atoms with Gasteiger partial charge in [0.15, 0.2) is 0 Å². The van der Waals surface area contributed by atoms with Gasteiger partial charge in [0, 0.05) is 5.56 Å². The molecule has 4 heteroatoms. The second-order valence-electron chi connectivity index (χ2n) is 4.63. The van der Waals surface area contributed by atoms with E-state index in [-0.39, 0.29) is 11.9 Å². The number of halogens is 1. The topological polar surface area (TPSA) is 47.3 Å². The van der Waals surface area contributed by atoms with E-state index in [2.05, 4.69) is 5.43 Å². The van der Waals surface area contributed by atoms with Crippen molar-refractivity contribution in [3.05, 3.63) is 65.0 Å². The van der Waals surface area contributed by atoms with Crippen LogP contribution in [0.3, 0.4) is 0 Å². The fourth-order valence-corrected chi connectivity index (χ4v) is 2.16. The molecule has 0 fully saturated rings. The minimum absolute atomic E-state index is 0.262. The molecule has 20 heavy (non-hydrogen) atoms. The van der Waals surface area contributed by atoms with Crippen molar-refractivity contribution >= 4 is 0 Å². The van der Waals surface area contributed by atoms with Gasteiger partial charge in [-0.15, -0.1) is 0 Å². The maximum Gasteiger partial charge on any atom is 0.128 e. The molecule has 0 aliphatic rings. The molecule has 1 unspecified atom stereocenters. The van der Waals surface area contributed by atoms with Crippen LogP contribution in [0, 0.1) is 12.7 Å². The van der Waals surface area contributed by atoms with Crippen LogP contribution < -0.4 is 16.0 Å². The maximum absolute atomic E-state index is 14.1. The molecule has 2 rings (SSSR count). The first-order valence-electron chi connectivity index (χ1n) is 6.60. The number of hydrogen-bond acceptors (Lipinski definition) is 3. The van der Waals surface area contributed by atoms with Crippen molar-refractivity contribution in [1.82, 2.24) is 5.43 Å². The van der Waals surface area contributed by atoms with Gasteiger partial charge in [0.2, 0.25) is 0 Å². The quantitative estimate of drug-likeness (QED) is 0.650. The van der Waals surface area contributed by atoms with Crippen molar-refractivity contribution in [3.63, 3.8) is 0 Å². The number of ether oxygens (including phenoxy) is 1. The zero-order chi connectivity index (χ0) is 14.5. The third-order valence-electron chi connectivity index (χ3n) is 3.16. The van der Waals surface area contributed by atoms with Crippen molar-refractivity contribution in [2.24, 2.45) is 5.84 Å². The summed E-state index contributed by atoms with van der Waals surface area (Å²) in [5, 5.41) is 0.